The summed E-state index contributed by atoms with van der Waals surface area (Å²) >= 11 is 0. The molecule has 0 radical (unpaired) electrons. The lowest BCUT2D eigenvalue weighted by atomic mass is 10.0. The van der Waals surface area contributed by atoms with Crippen LogP contribution in [0.1, 0.15) is 103 Å². The van der Waals surface area contributed by atoms with Gasteiger partial charge in [-0.05, 0) is 19.3 Å². The van der Waals surface area contributed by atoms with E-state index in [1.807, 2.05) is 7.11 Å². The number of unbranched alkanes of at least 4 members (excludes halogenated alkanes) is 10. The molecule has 3 heteroatoms. The minimum Gasteiger partial charge on any atom is -0.481 e. The number of hydrogen-bond acceptors (Lipinski definition) is 2. The molecule has 1 unspecified atom stereocenters. The van der Waals surface area contributed by atoms with Crippen LogP contribution in [-0.4, -0.2) is 24.3 Å². The first kappa shape index (κ1) is 21.4. The van der Waals surface area contributed by atoms with Crippen molar-refractivity contribution in [2.75, 3.05) is 7.11 Å². The Morgan fingerprint density at radius 3 is 1.73 bits per heavy atom. The third-order valence-electron chi connectivity index (χ3n) is 4.38. The van der Waals surface area contributed by atoms with Crippen LogP contribution >= 0.6 is 0 Å². The van der Waals surface area contributed by atoms with Gasteiger partial charge in [-0.25, -0.2) is 0 Å². The number of carboxylic acid groups (broad SMARTS) is 1. The SMILES string of the molecule is CCCCCC(CCCCCCCCCCCC(=O)O)OC. The molecule has 0 aromatic carbocycles. The molecule has 1 atom stereocenters. The van der Waals surface area contributed by atoms with Crippen molar-refractivity contribution < 1.29 is 14.6 Å². The van der Waals surface area contributed by atoms with Crippen LogP contribution in [0, 0.1) is 0 Å². The summed E-state index contributed by atoms with van der Waals surface area (Å²) in [5.74, 6) is -0.663. The van der Waals surface area contributed by atoms with E-state index in [0.717, 1.165) is 12.8 Å². The van der Waals surface area contributed by atoms with Gasteiger partial charge in [0.25, 0.3) is 0 Å². The summed E-state index contributed by atoms with van der Waals surface area (Å²) in [6, 6.07) is 0. The first-order chi connectivity index (χ1) is 10.7. The van der Waals surface area contributed by atoms with Crippen LogP contribution in [0.5, 0.6) is 0 Å². The summed E-state index contributed by atoms with van der Waals surface area (Å²) in [5, 5.41) is 8.54. The quantitative estimate of drug-likeness (QED) is 0.337. The molecule has 0 saturated heterocycles. The lowest BCUT2D eigenvalue weighted by Crippen LogP contribution is -2.10. The standard InChI is InChI=1S/C19H38O3/c1-3-4-12-15-18(22-2)16-13-10-8-6-5-7-9-11-14-17-19(20)21/h18H,3-17H2,1-2H3,(H,20,21). The Morgan fingerprint density at radius 1 is 0.818 bits per heavy atom. The van der Waals surface area contributed by atoms with Crippen LogP contribution in [0.15, 0.2) is 0 Å². The molecule has 0 aromatic heterocycles. The fourth-order valence-corrected chi connectivity index (χ4v) is 2.89. The first-order valence-corrected chi connectivity index (χ1v) is 9.45. The van der Waals surface area contributed by atoms with E-state index in [1.54, 1.807) is 0 Å². The zero-order valence-corrected chi connectivity index (χ0v) is 14.9. The molecule has 1 N–H and O–H groups in total. The first-order valence-electron chi connectivity index (χ1n) is 9.45. The van der Waals surface area contributed by atoms with Crippen molar-refractivity contribution in [3.8, 4) is 0 Å². The molecule has 0 fully saturated rings. The zero-order chi connectivity index (χ0) is 16.5. The molecule has 0 saturated carbocycles. The van der Waals surface area contributed by atoms with Crippen molar-refractivity contribution in [1.82, 2.24) is 0 Å². The van der Waals surface area contributed by atoms with Gasteiger partial charge in [0.2, 0.25) is 0 Å². The summed E-state index contributed by atoms with van der Waals surface area (Å²) in [6.45, 7) is 2.24. The molecule has 0 heterocycles. The fraction of sp³-hybridized carbons (Fsp3) is 0.947. The number of carboxylic acids is 1. The van der Waals surface area contributed by atoms with E-state index in [0.29, 0.717) is 12.5 Å². The molecule has 3 nitrogen and oxygen atoms in total. The van der Waals surface area contributed by atoms with Crippen molar-refractivity contribution in [3.63, 3.8) is 0 Å². The van der Waals surface area contributed by atoms with E-state index >= 15 is 0 Å². The second-order valence-corrected chi connectivity index (χ2v) is 6.47. The van der Waals surface area contributed by atoms with Crippen LogP contribution in [0.4, 0.5) is 0 Å². The number of rotatable bonds is 17. The lowest BCUT2D eigenvalue weighted by molar-refractivity contribution is -0.137. The predicted octanol–water partition coefficient (Wildman–Crippen LogP) is 5.96. The van der Waals surface area contributed by atoms with E-state index in [1.165, 1.54) is 77.0 Å². The molecule has 132 valence electrons. The average Bonchev–Trinajstić information content (AvgIpc) is 2.50. The predicted molar refractivity (Wildman–Crippen MR) is 93.4 cm³/mol. The Morgan fingerprint density at radius 2 is 1.27 bits per heavy atom. The third kappa shape index (κ3) is 15.8. The molecule has 0 aromatic rings. The van der Waals surface area contributed by atoms with Crippen molar-refractivity contribution >= 4 is 5.97 Å². The van der Waals surface area contributed by atoms with Crippen molar-refractivity contribution in [1.29, 1.82) is 0 Å². The van der Waals surface area contributed by atoms with Crippen LogP contribution in [0.25, 0.3) is 0 Å². The van der Waals surface area contributed by atoms with Gasteiger partial charge in [-0.2, -0.15) is 0 Å². The Hall–Kier alpha value is -0.570. The van der Waals surface area contributed by atoms with Gasteiger partial charge in [-0.3, -0.25) is 4.79 Å². The van der Waals surface area contributed by atoms with Gasteiger partial charge in [-0.1, -0.05) is 77.6 Å². The third-order valence-corrected chi connectivity index (χ3v) is 4.38. The van der Waals surface area contributed by atoms with Crippen LogP contribution < -0.4 is 0 Å². The van der Waals surface area contributed by atoms with Gasteiger partial charge >= 0.3 is 5.97 Å². The molecule has 0 bridgehead atoms. The molecule has 0 aliphatic carbocycles. The number of aliphatic carboxylic acids is 1. The van der Waals surface area contributed by atoms with Gasteiger partial charge in [0, 0.05) is 13.5 Å². The van der Waals surface area contributed by atoms with E-state index in [9.17, 15) is 4.79 Å². The van der Waals surface area contributed by atoms with Crippen molar-refractivity contribution in [2.24, 2.45) is 0 Å². The maximum absolute atomic E-state index is 10.4. The monoisotopic (exact) mass is 314 g/mol. The van der Waals surface area contributed by atoms with Gasteiger partial charge in [0.05, 0.1) is 6.10 Å². The highest BCUT2D eigenvalue weighted by atomic mass is 16.5. The average molecular weight is 315 g/mol. The molecule has 0 aliphatic rings. The maximum Gasteiger partial charge on any atom is 0.303 e. The van der Waals surface area contributed by atoms with E-state index in [4.69, 9.17) is 9.84 Å². The maximum atomic E-state index is 10.4. The molecular weight excluding hydrogens is 276 g/mol. The highest BCUT2D eigenvalue weighted by Gasteiger charge is 2.06. The number of hydrogen-bond donors (Lipinski definition) is 1. The Labute approximate surface area is 137 Å². The topological polar surface area (TPSA) is 46.5 Å². The largest absolute Gasteiger partial charge is 0.481 e. The van der Waals surface area contributed by atoms with Crippen molar-refractivity contribution in [2.45, 2.75) is 109 Å². The van der Waals surface area contributed by atoms with Gasteiger partial charge in [0.15, 0.2) is 0 Å². The van der Waals surface area contributed by atoms with Gasteiger partial charge in [-0.15, -0.1) is 0 Å². The Bertz CT molecular complexity index is 241. The van der Waals surface area contributed by atoms with Crippen LogP contribution in [0.3, 0.4) is 0 Å². The summed E-state index contributed by atoms with van der Waals surface area (Å²) in [7, 11) is 1.85. The minimum atomic E-state index is -0.663. The Kier molecular flexibility index (Phi) is 16.4. The van der Waals surface area contributed by atoms with Gasteiger partial charge < -0.3 is 9.84 Å². The molecular formula is C19H38O3. The summed E-state index contributed by atoms with van der Waals surface area (Å²) in [5.41, 5.74) is 0. The number of ether oxygens (including phenoxy) is 1. The molecule has 0 amide bonds. The van der Waals surface area contributed by atoms with Crippen LogP contribution in [-0.2, 0) is 9.53 Å². The zero-order valence-electron chi connectivity index (χ0n) is 14.9. The normalized spacial score (nSPS) is 12.5. The molecule has 0 rings (SSSR count). The van der Waals surface area contributed by atoms with E-state index in [2.05, 4.69) is 6.92 Å². The second-order valence-electron chi connectivity index (χ2n) is 6.47. The summed E-state index contributed by atoms with van der Waals surface area (Å²) < 4.78 is 5.55. The number of methoxy groups -OCH3 is 1. The highest BCUT2D eigenvalue weighted by molar-refractivity contribution is 5.66. The summed E-state index contributed by atoms with van der Waals surface area (Å²) in [6.07, 6.45) is 18.1. The number of carbonyl (C=O) groups is 1. The van der Waals surface area contributed by atoms with Crippen LogP contribution in [0.2, 0.25) is 0 Å². The second kappa shape index (κ2) is 16.8. The molecule has 0 spiro atoms. The molecule has 22 heavy (non-hydrogen) atoms. The lowest BCUT2D eigenvalue weighted by Gasteiger charge is -2.14. The fourth-order valence-electron chi connectivity index (χ4n) is 2.89. The molecule has 0 aliphatic heterocycles. The highest BCUT2D eigenvalue weighted by Crippen LogP contribution is 2.15. The van der Waals surface area contributed by atoms with Crippen molar-refractivity contribution in [3.05, 3.63) is 0 Å². The smallest absolute Gasteiger partial charge is 0.303 e. The minimum absolute atomic E-state index is 0.332. The van der Waals surface area contributed by atoms with E-state index in [-0.39, 0.29) is 0 Å². The Balaban J connectivity index is 3.22. The van der Waals surface area contributed by atoms with E-state index < -0.39 is 5.97 Å². The van der Waals surface area contributed by atoms with Gasteiger partial charge in [0.1, 0.15) is 0 Å². The summed E-state index contributed by atoms with van der Waals surface area (Å²) in [4.78, 5) is 10.4.